The topological polar surface area (TPSA) is 110 Å². The molecule has 0 fully saturated rings. The second-order valence-corrected chi connectivity index (χ2v) is 7.49. The van der Waals surface area contributed by atoms with Crippen LogP contribution in [-0.4, -0.2) is 29.5 Å². The molecule has 8 heteroatoms. The summed E-state index contributed by atoms with van der Waals surface area (Å²) in [5, 5.41) is 3.39. The number of aromatic amines is 1. The van der Waals surface area contributed by atoms with Gasteiger partial charge in [0.25, 0.3) is 0 Å². The molecule has 0 aliphatic heterocycles. The fourth-order valence-electron chi connectivity index (χ4n) is 3.48. The van der Waals surface area contributed by atoms with Gasteiger partial charge in [-0.2, -0.15) is 0 Å². The van der Waals surface area contributed by atoms with Gasteiger partial charge in [0.05, 0.1) is 23.9 Å². The average Bonchev–Trinajstić information content (AvgIpc) is 3.35. The minimum absolute atomic E-state index is 0.224. The molecule has 5 rings (SSSR count). The van der Waals surface area contributed by atoms with Crippen LogP contribution in [0.4, 0.5) is 11.5 Å². The van der Waals surface area contributed by atoms with E-state index < -0.39 is 0 Å². The van der Waals surface area contributed by atoms with Crippen molar-refractivity contribution in [2.75, 3.05) is 11.1 Å². The lowest BCUT2D eigenvalue weighted by atomic mass is 10.2. The van der Waals surface area contributed by atoms with E-state index in [9.17, 15) is 0 Å². The first-order valence-electron chi connectivity index (χ1n) is 9.86. The van der Waals surface area contributed by atoms with E-state index in [1.807, 2.05) is 53.1 Å². The van der Waals surface area contributed by atoms with E-state index in [-0.39, 0.29) is 6.04 Å². The van der Waals surface area contributed by atoms with Crippen molar-refractivity contribution in [1.29, 1.82) is 0 Å². The zero-order valence-corrected chi connectivity index (χ0v) is 16.8. The third-order valence-electron chi connectivity index (χ3n) is 4.98. The van der Waals surface area contributed by atoms with Gasteiger partial charge in [-0.25, -0.2) is 19.9 Å². The summed E-state index contributed by atoms with van der Waals surface area (Å²) < 4.78 is 2.04. The highest BCUT2D eigenvalue weighted by molar-refractivity contribution is 5.85. The number of para-hydroxylation sites is 2. The van der Waals surface area contributed by atoms with Crippen molar-refractivity contribution < 1.29 is 0 Å². The largest absolute Gasteiger partial charge is 0.399 e. The third-order valence-corrected chi connectivity index (χ3v) is 4.98. The number of hydrogen-bond acceptors (Lipinski definition) is 6. The van der Waals surface area contributed by atoms with E-state index in [0.717, 1.165) is 33.6 Å². The summed E-state index contributed by atoms with van der Waals surface area (Å²) in [5.41, 5.74) is 11.0. The summed E-state index contributed by atoms with van der Waals surface area (Å²) in [4.78, 5) is 22.1. The highest BCUT2D eigenvalue weighted by Crippen LogP contribution is 2.27. The van der Waals surface area contributed by atoms with E-state index in [1.54, 1.807) is 6.33 Å². The SMILES string of the molecule is CC(C)n1cnc2c(NCc3nc4ccccc4[nH]3)nc(-c3cccc(N)c3)nc21. The van der Waals surface area contributed by atoms with Gasteiger partial charge in [0.15, 0.2) is 17.3 Å². The van der Waals surface area contributed by atoms with Crippen molar-refractivity contribution >= 4 is 33.7 Å². The number of nitrogens with two attached hydrogens (primary N) is 1. The van der Waals surface area contributed by atoms with E-state index in [0.29, 0.717) is 23.9 Å². The molecule has 150 valence electrons. The van der Waals surface area contributed by atoms with Crippen LogP contribution in [0.1, 0.15) is 25.7 Å². The van der Waals surface area contributed by atoms with Gasteiger partial charge in [0.1, 0.15) is 11.3 Å². The van der Waals surface area contributed by atoms with Crippen LogP contribution in [0.15, 0.2) is 54.9 Å². The van der Waals surface area contributed by atoms with E-state index >= 15 is 0 Å². The van der Waals surface area contributed by atoms with Gasteiger partial charge in [0, 0.05) is 17.3 Å². The average molecular weight is 398 g/mol. The molecule has 0 saturated carbocycles. The molecule has 2 aromatic carbocycles. The Hall–Kier alpha value is -3.94. The summed E-state index contributed by atoms with van der Waals surface area (Å²) >= 11 is 0. The summed E-state index contributed by atoms with van der Waals surface area (Å²) in [6.07, 6.45) is 1.81. The summed E-state index contributed by atoms with van der Waals surface area (Å²) in [6.45, 7) is 4.70. The second-order valence-electron chi connectivity index (χ2n) is 7.49. The molecule has 0 unspecified atom stereocenters. The molecule has 0 aliphatic carbocycles. The summed E-state index contributed by atoms with van der Waals surface area (Å²) in [6, 6.07) is 15.8. The van der Waals surface area contributed by atoms with Crippen molar-refractivity contribution in [3.05, 3.63) is 60.7 Å². The summed E-state index contributed by atoms with van der Waals surface area (Å²) in [7, 11) is 0. The molecule has 0 amide bonds. The quantitative estimate of drug-likeness (QED) is 0.384. The number of nitrogens with zero attached hydrogens (tertiary/aromatic N) is 5. The number of aromatic nitrogens is 6. The Morgan fingerprint density at radius 2 is 1.93 bits per heavy atom. The van der Waals surface area contributed by atoms with Gasteiger partial charge in [0.2, 0.25) is 0 Å². The molecule has 0 spiro atoms. The van der Waals surface area contributed by atoms with Gasteiger partial charge < -0.3 is 20.6 Å². The molecule has 0 saturated heterocycles. The number of rotatable bonds is 5. The van der Waals surface area contributed by atoms with Crippen LogP contribution in [0.25, 0.3) is 33.6 Å². The lowest BCUT2D eigenvalue weighted by Gasteiger charge is -2.11. The zero-order valence-electron chi connectivity index (χ0n) is 16.8. The van der Waals surface area contributed by atoms with Crippen molar-refractivity contribution in [2.24, 2.45) is 0 Å². The van der Waals surface area contributed by atoms with Crippen molar-refractivity contribution in [1.82, 2.24) is 29.5 Å². The van der Waals surface area contributed by atoms with Crippen molar-refractivity contribution in [3.63, 3.8) is 0 Å². The lowest BCUT2D eigenvalue weighted by Crippen LogP contribution is -2.07. The molecule has 30 heavy (non-hydrogen) atoms. The van der Waals surface area contributed by atoms with E-state index in [1.165, 1.54) is 0 Å². The Morgan fingerprint density at radius 1 is 1.07 bits per heavy atom. The smallest absolute Gasteiger partial charge is 0.166 e. The molecular formula is C22H22N8. The predicted molar refractivity (Wildman–Crippen MR) is 119 cm³/mol. The maximum absolute atomic E-state index is 5.98. The molecule has 0 aliphatic rings. The number of nitrogens with one attached hydrogen (secondary N) is 2. The number of imidazole rings is 2. The minimum atomic E-state index is 0.224. The zero-order chi connectivity index (χ0) is 20.7. The van der Waals surface area contributed by atoms with Gasteiger partial charge in [-0.05, 0) is 38.1 Å². The van der Waals surface area contributed by atoms with Gasteiger partial charge >= 0.3 is 0 Å². The van der Waals surface area contributed by atoms with Gasteiger partial charge in [-0.1, -0.05) is 24.3 Å². The van der Waals surface area contributed by atoms with Crippen LogP contribution in [0, 0.1) is 0 Å². The van der Waals surface area contributed by atoms with Crippen LogP contribution < -0.4 is 11.1 Å². The number of benzene rings is 2. The first-order chi connectivity index (χ1) is 14.6. The highest BCUT2D eigenvalue weighted by Gasteiger charge is 2.16. The molecule has 4 N–H and O–H groups in total. The maximum Gasteiger partial charge on any atom is 0.166 e. The van der Waals surface area contributed by atoms with Gasteiger partial charge in [-0.3, -0.25) is 0 Å². The van der Waals surface area contributed by atoms with Crippen LogP contribution in [0.5, 0.6) is 0 Å². The van der Waals surface area contributed by atoms with Crippen LogP contribution in [0.2, 0.25) is 0 Å². The molecule has 0 atom stereocenters. The predicted octanol–water partition coefficient (Wildman–Crippen LogP) is 4.14. The fraction of sp³-hybridized carbons (Fsp3) is 0.182. The molecule has 5 aromatic rings. The molecule has 8 nitrogen and oxygen atoms in total. The van der Waals surface area contributed by atoms with E-state index in [4.69, 9.17) is 15.7 Å². The first-order valence-corrected chi connectivity index (χ1v) is 9.86. The van der Waals surface area contributed by atoms with Crippen molar-refractivity contribution in [3.8, 4) is 11.4 Å². The number of fused-ring (bicyclic) bond motifs is 2. The molecular weight excluding hydrogens is 376 g/mol. The number of nitrogen functional groups attached to an aromatic ring is 1. The molecule has 3 heterocycles. The highest BCUT2D eigenvalue weighted by atomic mass is 15.2. The minimum Gasteiger partial charge on any atom is -0.399 e. The van der Waals surface area contributed by atoms with Gasteiger partial charge in [-0.15, -0.1) is 0 Å². The normalized spacial score (nSPS) is 11.6. The second kappa shape index (κ2) is 7.14. The van der Waals surface area contributed by atoms with Crippen LogP contribution >= 0.6 is 0 Å². The number of hydrogen-bond donors (Lipinski definition) is 3. The first kappa shape index (κ1) is 18.1. The summed E-state index contributed by atoms with van der Waals surface area (Å²) in [5.74, 6) is 2.10. The van der Waals surface area contributed by atoms with Crippen LogP contribution in [0.3, 0.4) is 0 Å². The fourth-order valence-corrected chi connectivity index (χ4v) is 3.48. The Balaban J connectivity index is 1.57. The Morgan fingerprint density at radius 3 is 2.73 bits per heavy atom. The Kier molecular flexibility index (Phi) is 4.31. The Labute approximate surface area is 173 Å². The molecule has 3 aromatic heterocycles. The Bertz CT molecular complexity index is 1320. The van der Waals surface area contributed by atoms with Crippen LogP contribution in [-0.2, 0) is 6.54 Å². The number of H-pyrrole nitrogens is 1. The van der Waals surface area contributed by atoms with E-state index in [2.05, 4.69) is 34.1 Å². The molecule has 0 bridgehead atoms. The maximum atomic E-state index is 5.98. The number of anilines is 2. The monoisotopic (exact) mass is 398 g/mol. The standard InChI is InChI=1S/C22H22N8/c1-13(2)30-12-25-19-21(24-11-18-26-16-8-3-4-9-17(16)27-18)28-20(29-22(19)30)14-6-5-7-15(23)10-14/h3-10,12-13H,11,23H2,1-2H3,(H,26,27)(H,24,28,29). The lowest BCUT2D eigenvalue weighted by molar-refractivity contribution is 0.613. The molecule has 0 radical (unpaired) electrons. The third kappa shape index (κ3) is 3.22. The van der Waals surface area contributed by atoms with Crippen molar-refractivity contribution in [2.45, 2.75) is 26.4 Å².